The fourth-order valence-electron chi connectivity index (χ4n) is 2.77. The van der Waals surface area contributed by atoms with E-state index in [4.69, 9.17) is 4.74 Å². The number of likely N-dealkylation sites (tertiary alicyclic amines) is 1. The Morgan fingerprint density at radius 2 is 1.90 bits per heavy atom. The van der Waals surface area contributed by atoms with E-state index in [9.17, 15) is 9.18 Å². The van der Waals surface area contributed by atoms with Gasteiger partial charge in [-0.15, -0.1) is 0 Å². The van der Waals surface area contributed by atoms with E-state index < -0.39 is 11.9 Å². The van der Waals surface area contributed by atoms with Crippen molar-refractivity contribution in [3.63, 3.8) is 0 Å². The number of hydrogen-bond donors (Lipinski definition) is 0. The highest BCUT2D eigenvalue weighted by molar-refractivity contribution is 5.82. The number of nitrogens with zero attached hydrogens (tertiary/aromatic N) is 4. The molecule has 0 aliphatic carbocycles. The molecule has 0 spiro atoms. The average Bonchev–Trinajstić information content (AvgIpc) is 2.56. The second-order valence-corrected chi connectivity index (χ2v) is 5.39. The van der Waals surface area contributed by atoms with E-state index in [-0.39, 0.29) is 5.91 Å². The van der Waals surface area contributed by atoms with Gasteiger partial charge in [0.25, 0.3) is 5.91 Å². The number of amides is 1. The Balaban J connectivity index is 1.64. The lowest BCUT2D eigenvalue weighted by Gasteiger charge is -2.36. The molecule has 0 saturated carbocycles. The molecule has 3 heterocycles. The molecule has 0 aromatic carbocycles. The normalized spacial score (nSPS) is 23.2. The summed E-state index contributed by atoms with van der Waals surface area (Å²) < 4.78 is 18.5. The van der Waals surface area contributed by atoms with Crippen molar-refractivity contribution in [1.82, 2.24) is 14.9 Å². The van der Waals surface area contributed by atoms with E-state index >= 15 is 0 Å². The maximum absolute atomic E-state index is 12.9. The van der Waals surface area contributed by atoms with E-state index in [0.29, 0.717) is 25.6 Å². The van der Waals surface area contributed by atoms with Gasteiger partial charge in [-0.1, -0.05) is 0 Å². The van der Waals surface area contributed by atoms with E-state index in [1.165, 1.54) is 6.42 Å². The Hall–Kier alpha value is -1.76. The lowest BCUT2D eigenvalue weighted by Crippen LogP contribution is -2.52. The van der Waals surface area contributed by atoms with Crippen LogP contribution in [-0.2, 0) is 9.53 Å². The third-order valence-electron chi connectivity index (χ3n) is 3.90. The van der Waals surface area contributed by atoms with Gasteiger partial charge >= 0.3 is 0 Å². The number of rotatable bonds is 2. The highest BCUT2D eigenvalue weighted by atomic mass is 19.1. The van der Waals surface area contributed by atoms with Crippen LogP contribution in [0, 0.1) is 5.82 Å². The third kappa shape index (κ3) is 3.29. The van der Waals surface area contributed by atoms with Crippen molar-refractivity contribution in [3.05, 3.63) is 18.2 Å². The number of hydrogen-bond acceptors (Lipinski definition) is 5. The second kappa shape index (κ2) is 6.34. The summed E-state index contributed by atoms with van der Waals surface area (Å²) in [4.78, 5) is 24.1. The molecule has 2 saturated heterocycles. The molecule has 0 N–H and O–H groups in total. The van der Waals surface area contributed by atoms with Gasteiger partial charge in [0, 0.05) is 19.6 Å². The minimum absolute atomic E-state index is 0.0431. The van der Waals surface area contributed by atoms with Crippen molar-refractivity contribution in [2.24, 2.45) is 0 Å². The molecule has 1 aromatic heterocycles. The molecule has 1 unspecified atom stereocenters. The van der Waals surface area contributed by atoms with E-state index in [2.05, 4.69) is 9.97 Å². The van der Waals surface area contributed by atoms with Crippen molar-refractivity contribution in [1.29, 1.82) is 0 Å². The van der Waals surface area contributed by atoms with Crippen molar-refractivity contribution >= 4 is 11.9 Å². The zero-order valence-electron chi connectivity index (χ0n) is 11.9. The van der Waals surface area contributed by atoms with Crippen LogP contribution >= 0.6 is 0 Å². The van der Waals surface area contributed by atoms with Crippen LogP contribution in [0.1, 0.15) is 19.3 Å². The Bertz CT molecular complexity index is 490. The quantitative estimate of drug-likeness (QED) is 0.809. The van der Waals surface area contributed by atoms with Crippen molar-refractivity contribution in [2.45, 2.75) is 25.4 Å². The fourth-order valence-corrected chi connectivity index (χ4v) is 2.77. The molecule has 1 amide bonds. The van der Waals surface area contributed by atoms with Gasteiger partial charge in [-0.2, -0.15) is 0 Å². The summed E-state index contributed by atoms with van der Waals surface area (Å²) in [5.74, 6) is 0.0191. The molecule has 2 aliphatic rings. The number of anilines is 1. The summed E-state index contributed by atoms with van der Waals surface area (Å²) >= 11 is 0. The Morgan fingerprint density at radius 3 is 2.62 bits per heavy atom. The van der Waals surface area contributed by atoms with E-state index in [0.717, 1.165) is 38.3 Å². The molecule has 0 bridgehead atoms. The van der Waals surface area contributed by atoms with Gasteiger partial charge in [-0.25, -0.2) is 14.4 Å². The number of halogens is 1. The van der Waals surface area contributed by atoms with Crippen LogP contribution < -0.4 is 4.90 Å². The van der Waals surface area contributed by atoms with Crippen LogP contribution in [0.25, 0.3) is 0 Å². The van der Waals surface area contributed by atoms with Crippen LogP contribution in [0.15, 0.2) is 12.4 Å². The maximum atomic E-state index is 12.9. The first-order valence-electron chi connectivity index (χ1n) is 7.37. The number of carbonyl (C=O) groups is 1. The molecule has 6 nitrogen and oxygen atoms in total. The predicted octanol–water partition coefficient (Wildman–Crippen LogP) is 0.833. The second-order valence-electron chi connectivity index (χ2n) is 5.39. The van der Waals surface area contributed by atoms with Gasteiger partial charge in [0.15, 0.2) is 11.9 Å². The topological polar surface area (TPSA) is 58.6 Å². The fraction of sp³-hybridized carbons (Fsp3) is 0.643. The van der Waals surface area contributed by atoms with Crippen molar-refractivity contribution in [3.8, 4) is 0 Å². The third-order valence-corrected chi connectivity index (χ3v) is 3.90. The first-order valence-corrected chi connectivity index (χ1v) is 7.37. The van der Waals surface area contributed by atoms with E-state index in [1.807, 2.05) is 9.80 Å². The zero-order chi connectivity index (χ0) is 14.7. The molecule has 3 rings (SSSR count). The van der Waals surface area contributed by atoms with Gasteiger partial charge in [-0.3, -0.25) is 4.79 Å². The van der Waals surface area contributed by atoms with Crippen molar-refractivity contribution < 1.29 is 13.9 Å². The van der Waals surface area contributed by atoms with Gasteiger partial charge in [0.1, 0.15) is 0 Å². The van der Waals surface area contributed by atoms with Gasteiger partial charge in [-0.05, 0) is 19.3 Å². The summed E-state index contributed by atoms with van der Waals surface area (Å²) in [6, 6.07) is 0. The molecule has 2 fully saturated rings. The number of carbonyl (C=O) groups excluding carboxylic acids is 1. The Labute approximate surface area is 122 Å². The SMILES string of the molecule is O=C(C1CN(c2ncc(F)cn2)CCO1)N1CCCCC1. The average molecular weight is 294 g/mol. The van der Waals surface area contributed by atoms with E-state index in [1.54, 1.807) is 0 Å². The molecule has 7 heteroatoms. The summed E-state index contributed by atoms with van der Waals surface area (Å²) in [5, 5.41) is 0. The molecule has 21 heavy (non-hydrogen) atoms. The molecule has 1 atom stereocenters. The van der Waals surface area contributed by atoms with Crippen LogP contribution in [-0.4, -0.2) is 59.7 Å². The summed E-state index contributed by atoms with van der Waals surface area (Å²) in [5.41, 5.74) is 0. The first kappa shape index (κ1) is 14.2. The Morgan fingerprint density at radius 1 is 1.19 bits per heavy atom. The zero-order valence-corrected chi connectivity index (χ0v) is 11.9. The number of aromatic nitrogens is 2. The first-order chi connectivity index (χ1) is 10.2. The molecule has 114 valence electrons. The van der Waals surface area contributed by atoms with Crippen LogP contribution in [0.5, 0.6) is 0 Å². The summed E-state index contributed by atoms with van der Waals surface area (Å²) in [6.45, 7) is 3.10. The molecule has 0 radical (unpaired) electrons. The largest absolute Gasteiger partial charge is 0.365 e. The molecule has 1 aromatic rings. The highest BCUT2D eigenvalue weighted by Crippen LogP contribution is 2.16. The lowest BCUT2D eigenvalue weighted by molar-refractivity contribution is -0.145. The van der Waals surface area contributed by atoms with Gasteiger partial charge < -0.3 is 14.5 Å². The molecular weight excluding hydrogens is 275 g/mol. The number of piperidine rings is 1. The maximum Gasteiger partial charge on any atom is 0.253 e. The monoisotopic (exact) mass is 294 g/mol. The molecular formula is C14H19FN4O2. The smallest absolute Gasteiger partial charge is 0.253 e. The summed E-state index contributed by atoms with van der Waals surface area (Å²) in [6.07, 6.45) is 5.10. The minimum Gasteiger partial charge on any atom is -0.365 e. The highest BCUT2D eigenvalue weighted by Gasteiger charge is 2.31. The van der Waals surface area contributed by atoms with Gasteiger partial charge in [0.2, 0.25) is 5.95 Å². The van der Waals surface area contributed by atoms with Crippen LogP contribution in [0.4, 0.5) is 10.3 Å². The number of ether oxygens (including phenoxy) is 1. The van der Waals surface area contributed by atoms with Crippen LogP contribution in [0.3, 0.4) is 0 Å². The number of morpholine rings is 1. The predicted molar refractivity (Wildman–Crippen MR) is 74.4 cm³/mol. The Kier molecular flexibility index (Phi) is 4.28. The van der Waals surface area contributed by atoms with Crippen LogP contribution in [0.2, 0.25) is 0 Å². The van der Waals surface area contributed by atoms with Gasteiger partial charge in [0.05, 0.1) is 25.5 Å². The lowest BCUT2D eigenvalue weighted by atomic mass is 10.1. The summed E-state index contributed by atoms with van der Waals surface area (Å²) in [7, 11) is 0. The minimum atomic E-state index is -0.481. The molecule has 2 aliphatic heterocycles. The standard InChI is InChI=1S/C14H19FN4O2/c15-11-8-16-14(17-9-11)19-6-7-21-12(10-19)13(20)18-4-2-1-3-5-18/h8-9,12H,1-7,10H2. The van der Waals surface area contributed by atoms with Crippen molar-refractivity contribution in [2.75, 3.05) is 37.7 Å².